The fourth-order valence-corrected chi connectivity index (χ4v) is 3.79. The van der Waals surface area contributed by atoms with Gasteiger partial charge in [-0.1, -0.05) is 31.2 Å². The van der Waals surface area contributed by atoms with E-state index in [0.717, 1.165) is 64.4 Å². The van der Waals surface area contributed by atoms with Crippen LogP contribution in [0.5, 0.6) is 0 Å². The molecule has 0 atom stereocenters. The van der Waals surface area contributed by atoms with Crippen LogP contribution in [0.15, 0.2) is 29.3 Å². The van der Waals surface area contributed by atoms with E-state index in [9.17, 15) is 0 Å². The topological polar surface area (TPSA) is 43.3 Å². The molecule has 6 nitrogen and oxygen atoms in total. The van der Waals surface area contributed by atoms with Crippen molar-refractivity contribution in [1.29, 1.82) is 0 Å². The van der Waals surface area contributed by atoms with Crippen molar-refractivity contribution in [2.24, 2.45) is 10.9 Å². The highest BCUT2D eigenvalue weighted by atomic mass is 127. The molecule has 1 saturated carbocycles. The number of hydrogen-bond donors (Lipinski definition) is 1. The smallest absolute Gasteiger partial charge is 0.193 e. The van der Waals surface area contributed by atoms with Gasteiger partial charge in [0.2, 0.25) is 0 Å². The number of benzene rings is 1. The number of aliphatic imine (C=N–C) groups is 1. The minimum atomic E-state index is 0. The third-order valence-corrected chi connectivity index (χ3v) is 6.06. The Labute approximate surface area is 200 Å². The number of halogens is 1. The van der Waals surface area contributed by atoms with Gasteiger partial charge in [-0.25, -0.2) is 0 Å². The van der Waals surface area contributed by atoms with Gasteiger partial charge in [-0.2, -0.15) is 0 Å². The zero-order chi connectivity index (χ0) is 20.5. The lowest BCUT2D eigenvalue weighted by Gasteiger charge is -2.34. The Morgan fingerprint density at radius 1 is 1.13 bits per heavy atom. The number of nitrogens with one attached hydrogen (secondary N) is 1. The molecule has 0 radical (unpaired) electrons. The van der Waals surface area contributed by atoms with Crippen molar-refractivity contribution >= 4 is 29.9 Å². The average molecular weight is 530 g/mol. The van der Waals surface area contributed by atoms with Gasteiger partial charge in [0.1, 0.15) is 0 Å². The van der Waals surface area contributed by atoms with E-state index in [2.05, 4.69) is 63.2 Å². The van der Waals surface area contributed by atoms with Crippen molar-refractivity contribution in [2.45, 2.75) is 32.9 Å². The Morgan fingerprint density at radius 2 is 1.80 bits per heavy atom. The van der Waals surface area contributed by atoms with Crippen LogP contribution in [0.4, 0.5) is 0 Å². The van der Waals surface area contributed by atoms with Gasteiger partial charge in [0.25, 0.3) is 0 Å². The second-order valence-electron chi connectivity index (χ2n) is 8.32. The van der Waals surface area contributed by atoms with Crippen molar-refractivity contribution in [1.82, 2.24) is 20.0 Å². The molecule has 0 unspecified atom stereocenters. The summed E-state index contributed by atoms with van der Waals surface area (Å²) in [6, 6.07) is 8.78. The summed E-state index contributed by atoms with van der Waals surface area (Å²) in [7, 11) is 3.93. The molecule has 0 bridgehead atoms. The summed E-state index contributed by atoms with van der Waals surface area (Å²) in [5.41, 5.74) is 2.76. The standard InChI is InChI=1S/C23H39N5O.HI/c1-4-27-11-13-28(14-12-27)18-22-8-6-5-7-21(22)17-25-23(24-2)26(3)15-16-29-19-20-9-10-20;/h5-8,20H,4,9-19H2,1-3H3,(H,24,25);1H. The maximum Gasteiger partial charge on any atom is 0.193 e. The van der Waals surface area contributed by atoms with Crippen LogP contribution in [0.2, 0.25) is 0 Å². The third-order valence-electron chi connectivity index (χ3n) is 6.06. The maximum absolute atomic E-state index is 5.77. The fraction of sp³-hybridized carbons (Fsp3) is 0.696. The van der Waals surface area contributed by atoms with Crippen LogP contribution in [-0.4, -0.2) is 87.2 Å². The summed E-state index contributed by atoms with van der Waals surface area (Å²) in [6.45, 7) is 12.4. The van der Waals surface area contributed by atoms with Crippen LogP contribution in [-0.2, 0) is 17.8 Å². The number of likely N-dealkylation sites (N-methyl/N-ethyl adjacent to an activating group) is 2. The normalized spacial score (nSPS) is 18.2. The summed E-state index contributed by atoms with van der Waals surface area (Å²) >= 11 is 0. The fourth-order valence-electron chi connectivity index (χ4n) is 3.79. The Kier molecular flexibility index (Phi) is 11.4. The Morgan fingerprint density at radius 3 is 2.43 bits per heavy atom. The molecule has 30 heavy (non-hydrogen) atoms. The quantitative estimate of drug-likeness (QED) is 0.219. The third kappa shape index (κ3) is 8.32. The zero-order valence-electron chi connectivity index (χ0n) is 19.0. The second-order valence-corrected chi connectivity index (χ2v) is 8.32. The van der Waals surface area contributed by atoms with Crippen molar-refractivity contribution in [3.8, 4) is 0 Å². The first kappa shape index (κ1) is 25.4. The number of rotatable bonds is 10. The van der Waals surface area contributed by atoms with Gasteiger partial charge < -0.3 is 19.9 Å². The van der Waals surface area contributed by atoms with E-state index in [1.54, 1.807) is 0 Å². The van der Waals surface area contributed by atoms with Crippen LogP contribution in [0.25, 0.3) is 0 Å². The SMILES string of the molecule is CCN1CCN(Cc2ccccc2CNC(=NC)N(C)CCOCC2CC2)CC1.I. The minimum absolute atomic E-state index is 0. The first-order chi connectivity index (χ1) is 14.2. The van der Waals surface area contributed by atoms with Gasteiger partial charge in [0, 0.05) is 66.5 Å². The molecular weight excluding hydrogens is 489 g/mol. The van der Waals surface area contributed by atoms with Crippen LogP contribution in [0.3, 0.4) is 0 Å². The predicted molar refractivity (Wildman–Crippen MR) is 136 cm³/mol. The van der Waals surface area contributed by atoms with Crippen LogP contribution in [0.1, 0.15) is 30.9 Å². The van der Waals surface area contributed by atoms with Crippen LogP contribution >= 0.6 is 24.0 Å². The molecule has 1 heterocycles. The van der Waals surface area contributed by atoms with E-state index in [1.165, 1.54) is 37.1 Å². The number of guanidine groups is 1. The summed E-state index contributed by atoms with van der Waals surface area (Å²) in [6.07, 6.45) is 2.68. The van der Waals surface area contributed by atoms with Crippen LogP contribution in [0, 0.1) is 5.92 Å². The van der Waals surface area contributed by atoms with Gasteiger partial charge in [-0.15, -0.1) is 24.0 Å². The van der Waals surface area contributed by atoms with E-state index in [4.69, 9.17) is 4.74 Å². The van der Waals surface area contributed by atoms with E-state index in [-0.39, 0.29) is 24.0 Å². The van der Waals surface area contributed by atoms with Gasteiger partial charge in [-0.05, 0) is 36.4 Å². The Bertz CT molecular complexity index is 644. The number of hydrogen-bond acceptors (Lipinski definition) is 4. The summed E-state index contributed by atoms with van der Waals surface area (Å²) in [5, 5.41) is 3.53. The van der Waals surface area contributed by atoms with E-state index < -0.39 is 0 Å². The maximum atomic E-state index is 5.77. The first-order valence-corrected chi connectivity index (χ1v) is 11.2. The number of ether oxygens (including phenoxy) is 1. The lowest BCUT2D eigenvalue weighted by Crippen LogP contribution is -2.45. The first-order valence-electron chi connectivity index (χ1n) is 11.2. The highest BCUT2D eigenvalue weighted by molar-refractivity contribution is 14.0. The summed E-state index contributed by atoms with van der Waals surface area (Å²) < 4.78 is 5.77. The molecule has 0 aromatic heterocycles. The Balaban J connectivity index is 0.00000320. The molecule has 2 fully saturated rings. The number of nitrogens with zero attached hydrogens (tertiary/aromatic N) is 4. The monoisotopic (exact) mass is 529 g/mol. The number of piperazine rings is 1. The molecule has 170 valence electrons. The van der Waals surface area contributed by atoms with Crippen molar-refractivity contribution in [2.75, 3.05) is 66.6 Å². The van der Waals surface area contributed by atoms with Crippen LogP contribution < -0.4 is 5.32 Å². The van der Waals surface area contributed by atoms with Gasteiger partial charge >= 0.3 is 0 Å². The molecule has 1 saturated heterocycles. The van der Waals surface area contributed by atoms with E-state index in [0.29, 0.717) is 0 Å². The predicted octanol–water partition coefficient (Wildman–Crippen LogP) is 2.88. The van der Waals surface area contributed by atoms with E-state index in [1.807, 2.05) is 7.05 Å². The summed E-state index contributed by atoms with van der Waals surface area (Å²) in [4.78, 5) is 11.7. The largest absolute Gasteiger partial charge is 0.379 e. The van der Waals surface area contributed by atoms with Gasteiger partial charge in [0.05, 0.1) is 6.61 Å². The minimum Gasteiger partial charge on any atom is -0.379 e. The molecule has 1 aliphatic carbocycles. The average Bonchev–Trinajstić information content (AvgIpc) is 3.58. The molecule has 1 aliphatic heterocycles. The van der Waals surface area contributed by atoms with Crippen molar-refractivity contribution in [3.05, 3.63) is 35.4 Å². The van der Waals surface area contributed by atoms with Crippen molar-refractivity contribution < 1.29 is 4.74 Å². The highest BCUT2D eigenvalue weighted by Gasteiger charge is 2.21. The molecule has 3 rings (SSSR count). The molecule has 1 aromatic carbocycles. The summed E-state index contributed by atoms with van der Waals surface area (Å²) in [5.74, 6) is 1.74. The Hall–Kier alpha value is -0.900. The molecule has 1 N–H and O–H groups in total. The van der Waals surface area contributed by atoms with Crippen molar-refractivity contribution in [3.63, 3.8) is 0 Å². The second kappa shape index (κ2) is 13.5. The van der Waals surface area contributed by atoms with Gasteiger partial charge in [0.15, 0.2) is 5.96 Å². The molecule has 2 aliphatic rings. The van der Waals surface area contributed by atoms with Gasteiger partial charge in [-0.3, -0.25) is 9.89 Å². The lowest BCUT2D eigenvalue weighted by atomic mass is 10.1. The molecule has 0 spiro atoms. The lowest BCUT2D eigenvalue weighted by molar-refractivity contribution is 0.115. The van der Waals surface area contributed by atoms with E-state index >= 15 is 0 Å². The molecular formula is C23H40IN5O. The molecule has 7 heteroatoms. The highest BCUT2D eigenvalue weighted by Crippen LogP contribution is 2.28. The molecule has 1 aromatic rings. The molecule has 0 amide bonds. The zero-order valence-corrected chi connectivity index (χ0v) is 21.3.